The Hall–Kier alpha value is -2.34. The van der Waals surface area contributed by atoms with Gasteiger partial charge in [0.1, 0.15) is 0 Å². The Kier molecular flexibility index (Phi) is 10.4. The van der Waals surface area contributed by atoms with Gasteiger partial charge in [-0.2, -0.15) is 0 Å². The molecule has 2 rings (SSSR count). The number of halogens is 1. The Balaban J connectivity index is 2.00. The maximum Gasteiger partial charge on any atom is 0.256 e. The van der Waals surface area contributed by atoms with Gasteiger partial charge in [0.15, 0.2) is 0 Å². The largest absolute Gasteiger partial charge is 0.359 e. The van der Waals surface area contributed by atoms with Crippen LogP contribution in [0, 0.1) is 11.8 Å². The van der Waals surface area contributed by atoms with Crippen molar-refractivity contribution in [2.45, 2.75) is 47.0 Å². The molecular weight excluding hydrogens is 478 g/mol. The Morgan fingerprint density at radius 3 is 2.55 bits per heavy atom. The average molecular weight is 517 g/mol. The molecule has 6 heteroatoms. The summed E-state index contributed by atoms with van der Waals surface area (Å²) < 4.78 is 0.860. The highest BCUT2D eigenvalue weighted by atomic mass is 79.9. The minimum Gasteiger partial charge on any atom is -0.359 e. The third-order valence-electron chi connectivity index (χ3n) is 5.81. The lowest BCUT2D eigenvalue weighted by Crippen LogP contribution is -2.42. The SMILES string of the molecule is C=C(CCC(=O)N(C)C/C(C)=C/C=C\C)Nc1ccc(Br)cc1C(=O)N1C[C@H](C)C[C@H](C)C1. The fourth-order valence-corrected chi connectivity index (χ4v) is 4.64. The molecule has 1 fully saturated rings. The van der Waals surface area contributed by atoms with Crippen molar-refractivity contribution in [1.82, 2.24) is 9.80 Å². The van der Waals surface area contributed by atoms with Gasteiger partial charge in [0.25, 0.3) is 5.91 Å². The molecule has 0 aromatic heterocycles. The number of allylic oxidation sites excluding steroid dienone is 4. The molecular formula is C27H38BrN3O2. The summed E-state index contributed by atoms with van der Waals surface area (Å²) in [4.78, 5) is 29.6. The number of benzene rings is 1. The maximum atomic E-state index is 13.3. The van der Waals surface area contributed by atoms with Gasteiger partial charge in [-0.05, 0) is 56.7 Å². The number of likely N-dealkylation sites (N-methyl/N-ethyl adjacent to an activating group) is 1. The van der Waals surface area contributed by atoms with Gasteiger partial charge in [0.05, 0.1) is 11.3 Å². The van der Waals surface area contributed by atoms with E-state index >= 15 is 0 Å². The van der Waals surface area contributed by atoms with Gasteiger partial charge in [-0.3, -0.25) is 9.59 Å². The fraction of sp³-hybridized carbons (Fsp3) is 0.481. The molecule has 2 amide bonds. The van der Waals surface area contributed by atoms with Crippen molar-refractivity contribution in [3.63, 3.8) is 0 Å². The van der Waals surface area contributed by atoms with Gasteiger partial charge in [-0.1, -0.05) is 60.2 Å². The standard InChI is InChI=1S/C27H38BrN3O2/c1-7-8-9-19(2)16-30(6)26(32)13-10-22(5)29-25-12-11-23(28)15-24(25)27(33)31-17-20(3)14-21(4)18-31/h7-9,11-12,15,20-21,29H,5,10,13-14,16-18H2,1-4,6H3/b8-7-,19-9+/t20-,21+. The second-order valence-corrected chi connectivity index (χ2v) is 10.3. The van der Waals surface area contributed by atoms with Gasteiger partial charge in [0.2, 0.25) is 5.91 Å². The van der Waals surface area contributed by atoms with Gasteiger partial charge >= 0.3 is 0 Å². The molecule has 0 saturated carbocycles. The summed E-state index contributed by atoms with van der Waals surface area (Å²) >= 11 is 3.50. The Morgan fingerprint density at radius 1 is 1.24 bits per heavy atom. The van der Waals surface area contributed by atoms with Crippen molar-refractivity contribution in [2.24, 2.45) is 11.8 Å². The lowest BCUT2D eigenvalue weighted by atomic mass is 9.91. The van der Waals surface area contributed by atoms with Crippen molar-refractivity contribution in [3.05, 3.63) is 64.3 Å². The van der Waals surface area contributed by atoms with Crippen LogP contribution in [0.2, 0.25) is 0 Å². The van der Waals surface area contributed by atoms with Gasteiger partial charge in [0, 0.05) is 43.3 Å². The number of carbonyl (C=O) groups excluding carboxylic acids is 2. The Morgan fingerprint density at radius 2 is 1.91 bits per heavy atom. The predicted molar refractivity (Wildman–Crippen MR) is 141 cm³/mol. The third-order valence-corrected chi connectivity index (χ3v) is 6.30. The molecule has 5 nitrogen and oxygen atoms in total. The van der Waals surface area contributed by atoms with E-state index in [4.69, 9.17) is 0 Å². The molecule has 0 aliphatic carbocycles. The molecule has 0 unspecified atom stereocenters. The summed E-state index contributed by atoms with van der Waals surface area (Å²) in [6.45, 7) is 14.6. The molecule has 1 aliphatic rings. The number of piperidine rings is 1. The summed E-state index contributed by atoms with van der Waals surface area (Å²) in [6, 6.07) is 5.66. The molecule has 1 N–H and O–H groups in total. The number of hydrogen-bond donors (Lipinski definition) is 1. The first-order valence-corrected chi connectivity index (χ1v) is 12.5. The number of nitrogens with one attached hydrogen (secondary N) is 1. The molecule has 0 spiro atoms. The van der Waals surface area contributed by atoms with Gasteiger partial charge in [-0.25, -0.2) is 0 Å². The van der Waals surface area contributed by atoms with Crippen LogP contribution in [0.3, 0.4) is 0 Å². The summed E-state index contributed by atoms with van der Waals surface area (Å²) in [7, 11) is 1.82. The first-order chi connectivity index (χ1) is 15.6. The van der Waals surface area contributed by atoms with E-state index in [9.17, 15) is 9.59 Å². The zero-order valence-electron chi connectivity index (χ0n) is 20.7. The first kappa shape index (κ1) is 26.9. The number of rotatable bonds is 9. The van der Waals surface area contributed by atoms with Gasteiger partial charge in [-0.15, -0.1) is 0 Å². The normalized spacial score (nSPS) is 19.0. The van der Waals surface area contributed by atoms with Crippen LogP contribution in [0.4, 0.5) is 5.69 Å². The first-order valence-electron chi connectivity index (χ1n) is 11.7. The summed E-state index contributed by atoms with van der Waals surface area (Å²) in [5.41, 5.74) is 3.19. The van der Waals surface area contributed by atoms with E-state index in [1.54, 1.807) is 4.90 Å². The highest BCUT2D eigenvalue weighted by Gasteiger charge is 2.27. The molecule has 0 bridgehead atoms. The van der Waals surface area contributed by atoms with Crippen LogP contribution in [-0.4, -0.2) is 48.3 Å². The molecule has 0 radical (unpaired) electrons. The Labute approximate surface area is 207 Å². The summed E-state index contributed by atoms with van der Waals surface area (Å²) in [6.07, 6.45) is 7.97. The highest BCUT2D eigenvalue weighted by Crippen LogP contribution is 2.28. The number of hydrogen-bond acceptors (Lipinski definition) is 3. The summed E-state index contributed by atoms with van der Waals surface area (Å²) in [5, 5.41) is 3.29. The highest BCUT2D eigenvalue weighted by molar-refractivity contribution is 9.10. The van der Waals surface area contributed by atoms with Crippen LogP contribution in [0.15, 0.2) is 58.7 Å². The molecule has 1 heterocycles. The van der Waals surface area contributed by atoms with Crippen molar-refractivity contribution in [3.8, 4) is 0 Å². The van der Waals surface area contributed by atoms with E-state index < -0.39 is 0 Å². The number of amides is 2. The zero-order chi connectivity index (χ0) is 24.5. The maximum absolute atomic E-state index is 13.3. The van der Waals surface area contributed by atoms with Crippen LogP contribution in [0.25, 0.3) is 0 Å². The van der Waals surface area contributed by atoms with Crippen molar-refractivity contribution < 1.29 is 9.59 Å². The second kappa shape index (κ2) is 12.8. The Bertz CT molecular complexity index is 912. The molecule has 180 valence electrons. The van der Waals surface area contributed by atoms with Crippen molar-refractivity contribution in [2.75, 3.05) is 32.0 Å². The summed E-state index contributed by atoms with van der Waals surface area (Å²) in [5.74, 6) is 1.09. The molecule has 1 saturated heterocycles. The number of anilines is 1. The topological polar surface area (TPSA) is 52.7 Å². The number of nitrogens with zero attached hydrogens (tertiary/aromatic N) is 2. The van der Waals surface area contributed by atoms with E-state index in [2.05, 4.69) is 41.7 Å². The van der Waals surface area contributed by atoms with Gasteiger partial charge < -0.3 is 15.1 Å². The van der Waals surface area contributed by atoms with E-state index in [-0.39, 0.29) is 11.8 Å². The third kappa shape index (κ3) is 8.50. The molecule has 1 aliphatic heterocycles. The smallest absolute Gasteiger partial charge is 0.256 e. The van der Waals surface area contributed by atoms with E-state index in [0.717, 1.165) is 40.9 Å². The average Bonchev–Trinajstić information content (AvgIpc) is 2.76. The lowest BCUT2D eigenvalue weighted by Gasteiger charge is -2.35. The zero-order valence-corrected chi connectivity index (χ0v) is 22.2. The van der Waals surface area contributed by atoms with Crippen LogP contribution >= 0.6 is 15.9 Å². The predicted octanol–water partition coefficient (Wildman–Crippen LogP) is 6.25. The second-order valence-electron chi connectivity index (χ2n) is 9.36. The van der Waals surface area contributed by atoms with E-state index in [1.165, 1.54) is 0 Å². The molecule has 1 aromatic rings. The quantitative estimate of drug-likeness (QED) is 0.395. The van der Waals surface area contributed by atoms with E-state index in [1.807, 2.05) is 62.2 Å². The van der Waals surface area contributed by atoms with E-state index in [0.29, 0.717) is 36.8 Å². The van der Waals surface area contributed by atoms with Crippen LogP contribution in [-0.2, 0) is 4.79 Å². The minimum atomic E-state index is 0.0317. The molecule has 33 heavy (non-hydrogen) atoms. The minimum absolute atomic E-state index is 0.0317. The fourth-order valence-electron chi connectivity index (χ4n) is 4.28. The van der Waals surface area contributed by atoms with Crippen LogP contribution in [0.5, 0.6) is 0 Å². The molecule has 1 aromatic carbocycles. The van der Waals surface area contributed by atoms with Crippen LogP contribution < -0.4 is 5.32 Å². The van der Waals surface area contributed by atoms with Crippen molar-refractivity contribution >= 4 is 33.4 Å². The van der Waals surface area contributed by atoms with Crippen molar-refractivity contribution in [1.29, 1.82) is 0 Å². The number of likely N-dealkylation sites (tertiary alicyclic amines) is 1. The van der Waals surface area contributed by atoms with Crippen LogP contribution in [0.1, 0.15) is 57.3 Å². The number of carbonyl (C=O) groups is 2. The lowest BCUT2D eigenvalue weighted by molar-refractivity contribution is -0.129. The monoisotopic (exact) mass is 515 g/mol. The molecule has 2 atom stereocenters.